The zero-order valence-corrected chi connectivity index (χ0v) is 25.2. The van der Waals surface area contributed by atoms with Gasteiger partial charge in [0.2, 0.25) is 5.17 Å². The average Bonchev–Trinajstić information content (AvgIpc) is 3.43. The fourth-order valence-corrected chi connectivity index (χ4v) is 5.54. The minimum atomic E-state index is -0.525. The van der Waals surface area contributed by atoms with Gasteiger partial charge in [-0.15, -0.1) is 6.58 Å². The van der Waals surface area contributed by atoms with Gasteiger partial charge in [0, 0.05) is 5.56 Å². The molecule has 0 fully saturated rings. The van der Waals surface area contributed by atoms with Crippen molar-refractivity contribution >= 4 is 51.4 Å². The molecule has 220 valence electrons. The van der Waals surface area contributed by atoms with Crippen LogP contribution in [0.25, 0.3) is 6.08 Å². The first-order valence-electron chi connectivity index (χ1n) is 13.5. The molecule has 2 aliphatic heterocycles. The number of benzene rings is 3. The Kier molecular flexibility index (Phi) is 9.48. The SMILES string of the molecule is C=CCc1ccc(OCCOc2ccc(/C=C3/C(=N)N4N=C(c5ccccc5Cl)SC4=NC3=O)cc2OCC)c(OC)c1. The number of thioether (sulfide) groups is 1. The van der Waals surface area contributed by atoms with Crippen LogP contribution >= 0.6 is 23.4 Å². The molecule has 2 heterocycles. The number of hydrogen-bond donors (Lipinski definition) is 1. The fourth-order valence-electron chi connectivity index (χ4n) is 4.33. The molecule has 9 nitrogen and oxygen atoms in total. The van der Waals surface area contributed by atoms with Crippen molar-refractivity contribution in [2.45, 2.75) is 13.3 Å². The van der Waals surface area contributed by atoms with Crippen LogP contribution in [0.5, 0.6) is 23.0 Å². The number of methoxy groups -OCH3 is 1. The molecule has 0 unspecified atom stereocenters. The Morgan fingerprint density at radius 1 is 1.00 bits per heavy atom. The van der Waals surface area contributed by atoms with Crippen LogP contribution in [0.2, 0.25) is 5.02 Å². The number of rotatable bonds is 12. The van der Waals surface area contributed by atoms with Crippen molar-refractivity contribution < 1.29 is 23.7 Å². The number of ether oxygens (including phenoxy) is 4. The van der Waals surface area contributed by atoms with Crippen LogP contribution < -0.4 is 18.9 Å². The van der Waals surface area contributed by atoms with Gasteiger partial charge < -0.3 is 18.9 Å². The van der Waals surface area contributed by atoms with Gasteiger partial charge in [0.05, 0.1) is 24.3 Å². The standard InChI is InChI=1S/C32H29ClN4O5S/c1-4-8-20-11-13-25(27(18-20)39-3)41-15-16-42-26-14-12-21(19-28(26)40-5-2)17-23-29(34)37-32(35-30(23)38)43-31(36-37)22-9-6-7-10-24(22)33/h4,6-7,9-14,17-19,34H,1,5,8,15-16H2,2-3H3/b23-17-,34-29?. The van der Waals surface area contributed by atoms with Crippen LogP contribution in [0, 0.1) is 5.41 Å². The van der Waals surface area contributed by atoms with E-state index >= 15 is 0 Å². The Bertz CT molecular complexity index is 1670. The Morgan fingerprint density at radius 2 is 1.74 bits per heavy atom. The van der Waals surface area contributed by atoms with Crippen molar-refractivity contribution in [2.24, 2.45) is 10.1 Å². The summed E-state index contributed by atoms with van der Waals surface area (Å²) in [4.78, 5) is 17.1. The zero-order valence-electron chi connectivity index (χ0n) is 23.6. The molecule has 3 aromatic rings. The number of fused-ring (bicyclic) bond motifs is 1. The highest BCUT2D eigenvalue weighted by atomic mass is 35.5. The fraction of sp³-hybridized carbons (Fsp3) is 0.188. The molecule has 0 aromatic heterocycles. The van der Waals surface area contributed by atoms with Crippen LogP contribution in [0.3, 0.4) is 0 Å². The molecule has 0 bridgehead atoms. The predicted octanol–water partition coefficient (Wildman–Crippen LogP) is 6.60. The van der Waals surface area contributed by atoms with E-state index in [0.29, 0.717) is 56.0 Å². The van der Waals surface area contributed by atoms with E-state index in [1.54, 1.807) is 37.5 Å². The van der Waals surface area contributed by atoms with Gasteiger partial charge in [0.15, 0.2) is 28.8 Å². The first kappa shape index (κ1) is 29.9. The predicted molar refractivity (Wildman–Crippen MR) is 171 cm³/mol. The van der Waals surface area contributed by atoms with Crippen LogP contribution in [0.4, 0.5) is 0 Å². The molecule has 0 saturated heterocycles. The molecule has 2 aliphatic rings. The van der Waals surface area contributed by atoms with E-state index < -0.39 is 5.91 Å². The topological polar surface area (TPSA) is 106 Å². The number of hydrogen-bond acceptors (Lipinski definition) is 8. The van der Waals surface area contributed by atoms with Crippen molar-refractivity contribution in [2.75, 3.05) is 26.9 Å². The molecule has 1 amide bonds. The molecule has 0 radical (unpaired) electrons. The van der Waals surface area contributed by atoms with E-state index in [1.165, 1.54) is 16.8 Å². The Balaban J connectivity index is 1.28. The summed E-state index contributed by atoms with van der Waals surface area (Å²) in [5.41, 5.74) is 2.54. The van der Waals surface area contributed by atoms with Crippen molar-refractivity contribution in [3.8, 4) is 23.0 Å². The lowest BCUT2D eigenvalue weighted by Gasteiger charge is -2.20. The number of carbonyl (C=O) groups is 1. The first-order chi connectivity index (χ1) is 20.9. The molecule has 5 rings (SSSR count). The summed E-state index contributed by atoms with van der Waals surface area (Å²) in [5, 5.41) is 16.0. The smallest absolute Gasteiger partial charge is 0.283 e. The first-order valence-corrected chi connectivity index (χ1v) is 14.7. The molecule has 1 N–H and O–H groups in total. The molecule has 0 atom stereocenters. The third-order valence-corrected chi connectivity index (χ3v) is 7.62. The van der Waals surface area contributed by atoms with Gasteiger partial charge in [-0.05, 0) is 72.6 Å². The Hall–Kier alpha value is -4.54. The maximum Gasteiger partial charge on any atom is 0.283 e. The number of allylic oxidation sites excluding steroid dienone is 1. The van der Waals surface area contributed by atoms with Crippen molar-refractivity contribution in [3.63, 3.8) is 0 Å². The van der Waals surface area contributed by atoms with Gasteiger partial charge in [0.1, 0.15) is 18.3 Å². The summed E-state index contributed by atoms with van der Waals surface area (Å²) in [7, 11) is 1.60. The number of nitrogens with one attached hydrogen (secondary N) is 1. The summed E-state index contributed by atoms with van der Waals surface area (Å²) in [6.07, 6.45) is 4.17. The van der Waals surface area contributed by atoms with E-state index in [1.807, 2.05) is 49.4 Å². The van der Waals surface area contributed by atoms with Crippen LogP contribution in [-0.2, 0) is 11.2 Å². The molecular weight excluding hydrogens is 588 g/mol. The summed E-state index contributed by atoms with van der Waals surface area (Å²) in [6.45, 7) is 6.59. The third-order valence-electron chi connectivity index (χ3n) is 6.34. The maximum absolute atomic E-state index is 12.9. The number of hydrazone groups is 1. The van der Waals surface area contributed by atoms with Gasteiger partial charge >= 0.3 is 0 Å². The summed E-state index contributed by atoms with van der Waals surface area (Å²) in [6, 6.07) is 18.3. The van der Waals surface area contributed by atoms with Gasteiger partial charge in [-0.2, -0.15) is 15.1 Å². The second-order valence-corrected chi connectivity index (χ2v) is 10.6. The molecule has 11 heteroatoms. The number of amidine groups is 2. The van der Waals surface area contributed by atoms with Gasteiger partial charge in [-0.3, -0.25) is 10.2 Å². The van der Waals surface area contributed by atoms with Crippen molar-refractivity contribution in [3.05, 3.63) is 101 Å². The highest BCUT2D eigenvalue weighted by molar-refractivity contribution is 8.27. The minimum absolute atomic E-state index is 0.0760. The number of halogens is 1. The molecular formula is C32H29ClN4O5S. The van der Waals surface area contributed by atoms with E-state index in [0.717, 1.165) is 12.0 Å². The van der Waals surface area contributed by atoms with E-state index in [4.69, 9.17) is 36.0 Å². The number of nitrogens with zero attached hydrogens (tertiary/aromatic N) is 3. The molecule has 43 heavy (non-hydrogen) atoms. The van der Waals surface area contributed by atoms with E-state index in [-0.39, 0.29) is 24.6 Å². The van der Waals surface area contributed by atoms with E-state index in [9.17, 15) is 4.79 Å². The largest absolute Gasteiger partial charge is 0.493 e. The summed E-state index contributed by atoms with van der Waals surface area (Å²) < 4.78 is 23.1. The van der Waals surface area contributed by atoms with Gasteiger partial charge in [-0.1, -0.05) is 48.0 Å². The quantitative estimate of drug-likeness (QED) is 0.139. The van der Waals surface area contributed by atoms with Crippen LogP contribution in [-0.4, -0.2) is 53.9 Å². The highest BCUT2D eigenvalue weighted by Gasteiger charge is 2.36. The summed E-state index contributed by atoms with van der Waals surface area (Å²) >= 11 is 7.53. The highest BCUT2D eigenvalue weighted by Crippen LogP contribution is 2.34. The van der Waals surface area contributed by atoms with Crippen LogP contribution in [0.15, 0.2) is 89.0 Å². The molecule has 0 aliphatic carbocycles. The molecule has 0 saturated carbocycles. The normalized spacial score (nSPS) is 15.1. The van der Waals surface area contributed by atoms with Gasteiger partial charge in [0.25, 0.3) is 5.91 Å². The minimum Gasteiger partial charge on any atom is -0.493 e. The van der Waals surface area contributed by atoms with Crippen molar-refractivity contribution in [1.82, 2.24) is 5.01 Å². The monoisotopic (exact) mass is 616 g/mol. The number of amides is 1. The second kappa shape index (κ2) is 13.6. The molecule has 3 aromatic carbocycles. The Labute approximate surface area is 259 Å². The zero-order chi connectivity index (χ0) is 30.3. The average molecular weight is 617 g/mol. The number of aliphatic imine (C=N–C) groups is 1. The molecule has 0 spiro atoms. The van der Waals surface area contributed by atoms with Crippen LogP contribution in [0.1, 0.15) is 23.6 Å². The van der Waals surface area contributed by atoms with E-state index in [2.05, 4.69) is 16.7 Å². The summed E-state index contributed by atoms with van der Waals surface area (Å²) in [5.74, 6) is 1.69. The lowest BCUT2D eigenvalue weighted by molar-refractivity contribution is -0.114. The van der Waals surface area contributed by atoms with Gasteiger partial charge in [-0.25, -0.2) is 0 Å². The maximum atomic E-state index is 12.9. The lowest BCUT2D eigenvalue weighted by Crippen LogP contribution is -2.35. The van der Waals surface area contributed by atoms with Crippen molar-refractivity contribution in [1.29, 1.82) is 5.41 Å². The lowest BCUT2D eigenvalue weighted by atomic mass is 10.1. The Morgan fingerprint density at radius 3 is 2.47 bits per heavy atom. The second-order valence-electron chi connectivity index (χ2n) is 9.22. The number of carbonyl (C=O) groups excluding carboxylic acids is 1. The third kappa shape index (κ3) is 6.76.